The number of carbonyl (C=O) groups is 2. The van der Waals surface area contributed by atoms with Gasteiger partial charge < -0.3 is 20.7 Å². The van der Waals surface area contributed by atoms with Crippen LogP contribution in [0.3, 0.4) is 0 Å². The summed E-state index contributed by atoms with van der Waals surface area (Å²) in [5.41, 5.74) is -0.601. The molecule has 166 valence electrons. The van der Waals surface area contributed by atoms with Crippen molar-refractivity contribution in [3.63, 3.8) is 0 Å². The predicted molar refractivity (Wildman–Crippen MR) is 113 cm³/mol. The zero-order valence-corrected chi connectivity index (χ0v) is 17.2. The van der Waals surface area contributed by atoms with Crippen LogP contribution in [-0.2, 0) is 5.38 Å². The lowest BCUT2D eigenvalue weighted by molar-refractivity contribution is 0.0947. The van der Waals surface area contributed by atoms with E-state index in [0.29, 0.717) is 17.2 Å². The van der Waals surface area contributed by atoms with Gasteiger partial charge in [-0.2, -0.15) is 8.78 Å². The first-order valence-electron chi connectivity index (χ1n) is 9.06. The molecule has 3 N–H and O–H groups in total. The zero-order chi connectivity index (χ0) is 23.3. The molecule has 11 heteroatoms. The van der Waals surface area contributed by atoms with Gasteiger partial charge in [-0.3, -0.25) is 9.78 Å². The number of aromatic nitrogens is 1. The number of alkyl halides is 3. The number of carbonyl (C=O) groups excluding carboxylic acids is 2. The van der Waals surface area contributed by atoms with E-state index >= 15 is 0 Å². The first kappa shape index (κ1) is 22.9. The van der Waals surface area contributed by atoms with Crippen LogP contribution >= 0.6 is 11.6 Å². The molecule has 0 fully saturated rings. The number of amides is 3. The minimum atomic E-state index is -3.70. The summed E-state index contributed by atoms with van der Waals surface area (Å²) in [4.78, 5) is 27.7. The highest BCUT2D eigenvalue weighted by atomic mass is 35.5. The fourth-order valence-corrected chi connectivity index (χ4v) is 2.67. The molecule has 0 radical (unpaired) electrons. The van der Waals surface area contributed by atoms with Gasteiger partial charge in [0, 0.05) is 30.6 Å². The number of pyridine rings is 1. The van der Waals surface area contributed by atoms with Crippen LogP contribution in [-0.4, -0.2) is 24.0 Å². The van der Waals surface area contributed by atoms with Crippen LogP contribution in [0.2, 0.25) is 0 Å². The summed E-state index contributed by atoms with van der Waals surface area (Å²) in [6.07, 6.45) is 1.42. The van der Waals surface area contributed by atoms with Crippen LogP contribution in [0.25, 0.3) is 0 Å². The summed E-state index contributed by atoms with van der Waals surface area (Å²) in [7, 11) is 1.48. The highest BCUT2D eigenvalue weighted by Crippen LogP contribution is 2.34. The molecule has 0 aliphatic heterocycles. The molecular formula is C21H16ClF3N4O3. The average molecular weight is 465 g/mol. The lowest BCUT2D eigenvalue weighted by Gasteiger charge is -2.13. The van der Waals surface area contributed by atoms with E-state index in [9.17, 15) is 22.8 Å². The van der Waals surface area contributed by atoms with Crippen molar-refractivity contribution in [1.29, 1.82) is 0 Å². The van der Waals surface area contributed by atoms with Crippen molar-refractivity contribution in [3.05, 3.63) is 77.9 Å². The van der Waals surface area contributed by atoms with Crippen molar-refractivity contribution in [1.82, 2.24) is 10.3 Å². The molecule has 7 nitrogen and oxygen atoms in total. The molecule has 0 saturated carbocycles. The first-order chi connectivity index (χ1) is 15.2. The Balaban J connectivity index is 1.64. The normalized spacial score (nSPS) is 10.9. The summed E-state index contributed by atoms with van der Waals surface area (Å²) in [5, 5.41) is 3.35. The Morgan fingerprint density at radius 3 is 2.38 bits per heavy atom. The minimum Gasteiger partial charge on any atom is -0.457 e. The van der Waals surface area contributed by atoms with Crippen molar-refractivity contribution >= 4 is 34.9 Å². The van der Waals surface area contributed by atoms with Gasteiger partial charge >= 0.3 is 11.4 Å². The topological polar surface area (TPSA) is 92.4 Å². The van der Waals surface area contributed by atoms with Crippen molar-refractivity contribution in [2.24, 2.45) is 0 Å². The number of benzene rings is 2. The van der Waals surface area contributed by atoms with Crippen molar-refractivity contribution in [3.8, 4) is 11.5 Å². The van der Waals surface area contributed by atoms with E-state index in [-0.39, 0.29) is 11.6 Å². The number of urea groups is 1. The number of halogens is 4. The molecule has 2 aromatic carbocycles. The zero-order valence-electron chi connectivity index (χ0n) is 16.5. The van der Waals surface area contributed by atoms with E-state index < -0.39 is 28.5 Å². The molecule has 1 heterocycles. The molecule has 3 amide bonds. The van der Waals surface area contributed by atoms with Crippen molar-refractivity contribution in [2.75, 3.05) is 17.7 Å². The summed E-state index contributed by atoms with van der Waals surface area (Å²) in [6, 6.07) is 10.6. The summed E-state index contributed by atoms with van der Waals surface area (Å²) in [5.74, 6) is -0.476. The van der Waals surface area contributed by atoms with Gasteiger partial charge in [0.25, 0.3) is 5.91 Å². The van der Waals surface area contributed by atoms with Crippen molar-refractivity contribution < 1.29 is 27.5 Å². The number of nitrogens with one attached hydrogen (secondary N) is 3. The van der Waals surface area contributed by atoms with Gasteiger partial charge in [0.15, 0.2) is 0 Å². The van der Waals surface area contributed by atoms with Crippen LogP contribution in [0, 0.1) is 5.82 Å². The molecule has 0 atom stereocenters. The molecule has 0 aliphatic rings. The van der Waals surface area contributed by atoms with Crippen LogP contribution in [0.1, 0.15) is 16.1 Å². The third-order valence-corrected chi connectivity index (χ3v) is 4.30. The Bertz CT molecular complexity index is 1140. The molecular weight excluding hydrogens is 449 g/mol. The summed E-state index contributed by atoms with van der Waals surface area (Å²) >= 11 is 4.93. The van der Waals surface area contributed by atoms with Crippen LogP contribution in [0.4, 0.5) is 29.3 Å². The van der Waals surface area contributed by atoms with Gasteiger partial charge in [-0.15, -0.1) is 0 Å². The Kier molecular flexibility index (Phi) is 6.84. The standard InChI is InChI=1S/C21H16ClF3N4O3/c1-26-19(30)18-11-15(8-9-27-18)32-14-5-3-13(4-6-14)28-20(31)29-17-10-12(21(22,24)25)2-7-16(17)23/h2-11H,1H3,(H,26,30)(H2,28,29,31). The molecule has 0 bridgehead atoms. The third-order valence-electron chi connectivity index (χ3n) is 4.08. The van der Waals surface area contributed by atoms with Gasteiger partial charge in [-0.1, -0.05) is 0 Å². The maximum Gasteiger partial charge on any atom is 0.348 e. The van der Waals surface area contributed by atoms with E-state index in [0.717, 1.165) is 18.2 Å². The van der Waals surface area contributed by atoms with Crippen molar-refractivity contribution in [2.45, 2.75) is 5.38 Å². The number of rotatable bonds is 6. The van der Waals surface area contributed by atoms with Crippen LogP contribution in [0.5, 0.6) is 11.5 Å². The van der Waals surface area contributed by atoms with Crippen LogP contribution in [0.15, 0.2) is 60.8 Å². The Morgan fingerprint density at radius 1 is 1.00 bits per heavy atom. The molecule has 1 aromatic heterocycles. The van der Waals surface area contributed by atoms with E-state index in [1.165, 1.54) is 31.4 Å². The molecule has 0 saturated heterocycles. The maximum absolute atomic E-state index is 13.8. The van der Waals surface area contributed by atoms with Crippen LogP contribution < -0.4 is 20.7 Å². The molecule has 0 unspecified atom stereocenters. The Hall–Kier alpha value is -3.79. The molecule has 3 rings (SSSR count). The van der Waals surface area contributed by atoms with Gasteiger partial charge in [0.2, 0.25) is 0 Å². The van der Waals surface area contributed by atoms with E-state index in [2.05, 4.69) is 20.9 Å². The quantitative estimate of drug-likeness (QED) is 0.431. The second-order valence-electron chi connectivity index (χ2n) is 6.35. The first-order valence-corrected chi connectivity index (χ1v) is 9.44. The fraction of sp³-hybridized carbons (Fsp3) is 0.0952. The fourth-order valence-electron chi connectivity index (χ4n) is 2.55. The lowest BCUT2D eigenvalue weighted by atomic mass is 10.2. The lowest BCUT2D eigenvalue weighted by Crippen LogP contribution is -2.20. The SMILES string of the molecule is CNC(=O)c1cc(Oc2ccc(NC(=O)Nc3cc(C(F)(F)Cl)ccc3F)cc2)ccn1. The molecule has 3 aromatic rings. The monoisotopic (exact) mass is 464 g/mol. The number of hydrogen-bond acceptors (Lipinski definition) is 4. The Labute approximate surface area is 185 Å². The van der Waals surface area contributed by atoms with Gasteiger partial charge in [0.1, 0.15) is 23.0 Å². The highest BCUT2D eigenvalue weighted by Gasteiger charge is 2.28. The molecule has 32 heavy (non-hydrogen) atoms. The van der Waals surface area contributed by atoms with E-state index in [1.54, 1.807) is 18.2 Å². The van der Waals surface area contributed by atoms with Gasteiger partial charge in [0.05, 0.1) is 5.69 Å². The number of anilines is 2. The summed E-state index contributed by atoms with van der Waals surface area (Å²) < 4.78 is 45.9. The van der Waals surface area contributed by atoms with Gasteiger partial charge in [-0.05, 0) is 60.1 Å². The Morgan fingerprint density at radius 2 is 1.72 bits per heavy atom. The second kappa shape index (κ2) is 9.56. The summed E-state index contributed by atoms with van der Waals surface area (Å²) in [6.45, 7) is 0. The van der Waals surface area contributed by atoms with E-state index in [1.807, 2.05) is 0 Å². The number of hydrogen-bond donors (Lipinski definition) is 3. The molecule has 0 aliphatic carbocycles. The van der Waals surface area contributed by atoms with E-state index in [4.69, 9.17) is 16.3 Å². The maximum atomic E-state index is 13.8. The molecule has 0 spiro atoms. The smallest absolute Gasteiger partial charge is 0.348 e. The average Bonchev–Trinajstić information content (AvgIpc) is 2.75. The second-order valence-corrected chi connectivity index (χ2v) is 6.83. The number of nitrogens with zero attached hydrogens (tertiary/aromatic N) is 1. The minimum absolute atomic E-state index is 0.184. The number of ether oxygens (including phenoxy) is 1. The third kappa shape index (κ3) is 5.88. The largest absolute Gasteiger partial charge is 0.457 e. The highest BCUT2D eigenvalue weighted by molar-refractivity contribution is 6.21. The van der Waals surface area contributed by atoms with Gasteiger partial charge in [-0.25, -0.2) is 9.18 Å². The predicted octanol–water partition coefficient (Wildman–Crippen LogP) is 5.30.